The van der Waals surface area contributed by atoms with E-state index in [2.05, 4.69) is 0 Å². The number of carbonyl (C=O) groups is 2. The molecule has 0 unspecified atom stereocenters. The Kier molecular flexibility index (Phi) is 5.03. The van der Waals surface area contributed by atoms with Gasteiger partial charge in [-0.05, 0) is 12.6 Å². The van der Waals surface area contributed by atoms with E-state index < -0.39 is 21.2 Å². The van der Waals surface area contributed by atoms with Crippen LogP contribution in [0.25, 0.3) is 0 Å². The Bertz CT molecular complexity index is 184. The van der Waals surface area contributed by atoms with Crippen molar-refractivity contribution in [2.75, 3.05) is 0 Å². The highest BCUT2D eigenvalue weighted by atomic mass is 28.3. The number of hydrogen-bond acceptors (Lipinski definition) is 4. The molecule has 0 heterocycles. The number of hydrogen-bond donors (Lipinski definition) is 0. The third kappa shape index (κ3) is 5.66. The van der Waals surface area contributed by atoms with Gasteiger partial charge in [0.2, 0.25) is 0 Å². The van der Waals surface area contributed by atoms with Crippen LogP contribution >= 0.6 is 0 Å². The van der Waals surface area contributed by atoms with E-state index in [0.29, 0.717) is 0 Å². The standard InChI is InChI=1S/C7H12O4Si/c1-4-5-12(10-6(2)8)11-7(3)9/h4-5,12H,1-3H3. The van der Waals surface area contributed by atoms with E-state index >= 15 is 0 Å². The zero-order valence-corrected chi connectivity index (χ0v) is 8.52. The van der Waals surface area contributed by atoms with Crippen LogP contribution < -0.4 is 0 Å². The van der Waals surface area contributed by atoms with Crippen molar-refractivity contribution in [1.82, 2.24) is 0 Å². The molecular formula is C7H12O4Si. The van der Waals surface area contributed by atoms with E-state index in [1.807, 2.05) is 0 Å². The second kappa shape index (κ2) is 5.53. The van der Waals surface area contributed by atoms with Crippen LogP contribution in [0.2, 0.25) is 0 Å². The van der Waals surface area contributed by atoms with Crippen molar-refractivity contribution in [2.24, 2.45) is 0 Å². The van der Waals surface area contributed by atoms with E-state index in [9.17, 15) is 9.59 Å². The molecule has 0 saturated carbocycles. The largest absolute Gasteiger partial charge is 0.484 e. The normalized spacial score (nSPS) is 10.3. The molecule has 12 heavy (non-hydrogen) atoms. The second-order valence-corrected chi connectivity index (χ2v) is 3.71. The summed E-state index contributed by atoms with van der Waals surface area (Å²) in [5.74, 6) is -0.850. The van der Waals surface area contributed by atoms with Gasteiger partial charge in [-0.1, -0.05) is 6.08 Å². The van der Waals surface area contributed by atoms with Gasteiger partial charge in [-0.25, -0.2) is 0 Å². The van der Waals surface area contributed by atoms with Crippen molar-refractivity contribution >= 4 is 21.2 Å². The maximum Gasteiger partial charge on any atom is 0.475 e. The van der Waals surface area contributed by atoms with Crippen LogP contribution in [0.4, 0.5) is 0 Å². The molecule has 5 heteroatoms. The van der Waals surface area contributed by atoms with Gasteiger partial charge in [0.1, 0.15) is 0 Å². The lowest BCUT2D eigenvalue weighted by molar-refractivity contribution is -0.137. The minimum Gasteiger partial charge on any atom is -0.484 e. The fraction of sp³-hybridized carbons (Fsp3) is 0.429. The summed E-state index contributed by atoms with van der Waals surface area (Å²) in [6.45, 7) is 4.34. The highest BCUT2D eigenvalue weighted by Gasteiger charge is 2.14. The van der Waals surface area contributed by atoms with Gasteiger partial charge in [-0.15, -0.1) is 0 Å². The maximum atomic E-state index is 10.5. The molecule has 0 atom stereocenters. The molecule has 4 nitrogen and oxygen atoms in total. The zero-order valence-electron chi connectivity index (χ0n) is 7.37. The molecule has 0 aliphatic rings. The predicted molar refractivity (Wildman–Crippen MR) is 45.5 cm³/mol. The Hall–Kier alpha value is -1.10. The third-order valence-corrected chi connectivity index (χ3v) is 2.74. The van der Waals surface area contributed by atoms with Gasteiger partial charge in [0.05, 0.1) is 0 Å². The fourth-order valence-electron chi connectivity index (χ4n) is 0.587. The van der Waals surface area contributed by atoms with Crippen molar-refractivity contribution in [2.45, 2.75) is 20.8 Å². The first-order chi connectivity index (χ1) is 5.56. The van der Waals surface area contributed by atoms with Crippen LogP contribution in [0.15, 0.2) is 11.8 Å². The number of carbonyl (C=O) groups excluding carboxylic acids is 2. The molecule has 0 saturated heterocycles. The second-order valence-electron chi connectivity index (χ2n) is 2.11. The lowest BCUT2D eigenvalue weighted by Crippen LogP contribution is -2.25. The van der Waals surface area contributed by atoms with Crippen LogP contribution in [-0.4, -0.2) is 21.2 Å². The molecule has 0 N–H and O–H groups in total. The first-order valence-corrected chi connectivity index (χ1v) is 5.14. The van der Waals surface area contributed by atoms with Gasteiger partial charge in [0.25, 0.3) is 11.9 Å². The van der Waals surface area contributed by atoms with Crippen LogP contribution in [0.1, 0.15) is 20.8 Å². The molecular weight excluding hydrogens is 176 g/mol. The van der Waals surface area contributed by atoms with Gasteiger partial charge in [-0.3, -0.25) is 9.59 Å². The van der Waals surface area contributed by atoms with Gasteiger partial charge in [0.15, 0.2) is 0 Å². The maximum absolute atomic E-state index is 10.5. The van der Waals surface area contributed by atoms with Crippen molar-refractivity contribution in [3.63, 3.8) is 0 Å². The fourth-order valence-corrected chi connectivity index (χ4v) is 1.76. The summed E-state index contributed by atoms with van der Waals surface area (Å²) >= 11 is 0. The van der Waals surface area contributed by atoms with Gasteiger partial charge < -0.3 is 8.85 Å². The molecule has 0 radical (unpaired) electrons. The van der Waals surface area contributed by atoms with Gasteiger partial charge >= 0.3 is 9.28 Å². The Morgan fingerprint density at radius 3 is 1.83 bits per heavy atom. The molecule has 0 amide bonds. The van der Waals surface area contributed by atoms with Crippen LogP contribution in [0.3, 0.4) is 0 Å². The van der Waals surface area contributed by atoms with Crippen LogP contribution in [0.5, 0.6) is 0 Å². The van der Waals surface area contributed by atoms with Crippen LogP contribution in [0, 0.1) is 0 Å². The topological polar surface area (TPSA) is 52.6 Å². The van der Waals surface area contributed by atoms with Crippen molar-refractivity contribution < 1.29 is 18.4 Å². The monoisotopic (exact) mass is 188 g/mol. The average molecular weight is 188 g/mol. The van der Waals surface area contributed by atoms with E-state index in [-0.39, 0.29) is 0 Å². The first-order valence-electron chi connectivity index (χ1n) is 3.53. The van der Waals surface area contributed by atoms with Crippen molar-refractivity contribution in [3.8, 4) is 0 Å². The van der Waals surface area contributed by atoms with E-state index in [0.717, 1.165) is 0 Å². The highest BCUT2D eigenvalue weighted by molar-refractivity contribution is 6.54. The number of rotatable bonds is 3. The quantitative estimate of drug-likeness (QED) is 0.603. The first kappa shape index (κ1) is 10.9. The summed E-state index contributed by atoms with van der Waals surface area (Å²) in [7, 11) is -2.23. The SMILES string of the molecule is CC=C[SiH](OC(C)=O)OC(C)=O. The summed E-state index contributed by atoms with van der Waals surface area (Å²) in [5, 5.41) is 0. The molecule has 0 fully saturated rings. The summed E-state index contributed by atoms with van der Waals surface area (Å²) in [6.07, 6.45) is 1.70. The van der Waals surface area contributed by atoms with Gasteiger partial charge in [0, 0.05) is 13.8 Å². The Balaban J connectivity index is 4.03. The van der Waals surface area contributed by atoms with Crippen LogP contribution in [-0.2, 0) is 18.4 Å². The highest BCUT2D eigenvalue weighted by Crippen LogP contribution is 1.93. The molecule has 0 rings (SSSR count). The minimum atomic E-state index is -2.23. The predicted octanol–water partition coefficient (Wildman–Crippen LogP) is 0.448. The van der Waals surface area contributed by atoms with E-state index in [4.69, 9.17) is 8.85 Å². The van der Waals surface area contributed by atoms with E-state index in [1.54, 1.807) is 18.7 Å². The molecule has 0 spiro atoms. The number of allylic oxidation sites excluding steroid dienone is 1. The summed E-state index contributed by atoms with van der Waals surface area (Å²) in [4.78, 5) is 21.0. The Morgan fingerprint density at radius 2 is 1.58 bits per heavy atom. The van der Waals surface area contributed by atoms with E-state index in [1.165, 1.54) is 13.8 Å². The summed E-state index contributed by atoms with van der Waals surface area (Å²) < 4.78 is 9.54. The van der Waals surface area contributed by atoms with Gasteiger partial charge in [-0.2, -0.15) is 0 Å². The lowest BCUT2D eigenvalue weighted by Gasteiger charge is -2.09. The molecule has 0 aliphatic heterocycles. The van der Waals surface area contributed by atoms with Crippen molar-refractivity contribution in [3.05, 3.63) is 11.8 Å². The molecule has 0 aromatic carbocycles. The molecule has 0 bridgehead atoms. The van der Waals surface area contributed by atoms with Crippen molar-refractivity contribution in [1.29, 1.82) is 0 Å². The Morgan fingerprint density at radius 1 is 1.17 bits per heavy atom. The molecule has 68 valence electrons. The smallest absolute Gasteiger partial charge is 0.475 e. The summed E-state index contributed by atoms with van der Waals surface area (Å²) in [5.41, 5.74) is 1.61. The molecule has 0 aliphatic carbocycles. The zero-order chi connectivity index (χ0) is 9.56. The molecule has 0 aromatic rings. The summed E-state index contributed by atoms with van der Waals surface area (Å²) in [6, 6.07) is 0. The lowest BCUT2D eigenvalue weighted by atomic mass is 10.8. The third-order valence-electron chi connectivity index (χ3n) is 0.914. The average Bonchev–Trinajstić information content (AvgIpc) is 1.84. The molecule has 0 aromatic heterocycles. The minimum absolute atomic E-state index is 0.425. The Labute approximate surface area is 73.0 Å².